The van der Waals surface area contributed by atoms with Crippen molar-refractivity contribution in [1.82, 2.24) is 4.90 Å². The number of fused-ring (bicyclic) bond motifs is 1. The molecule has 5 rings (SSSR count). The summed E-state index contributed by atoms with van der Waals surface area (Å²) in [5.41, 5.74) is -8.40. The number of sulfonamides is 1. The Morgan fingerprint density at radius 2 is 1.70 bits per heavy atom. The first-order valence-corrected chi connectivity index (χ1v) is 14.2. The molecular formula is C26H23F7N2O7S. The average Bonchev–Trinajstić information content (AvgIpc) is 3.51. The van der Waals surface area contributed by atoms with Gasteiger partial charge in [-0.3, -0.25) is 9.10 Å². The number of carbonyl (C=O) groups is 2. The molecule has 3 aliphatic heterocycles. The van der Waals surface area contributed by atoms with Gasteiger partial charge in [0, 0.05) is 24.9 Å². The number of hydrogen-bond donors (Lipinski definition) is 1. The summed E-state index contributed by atoms with van der Waals surface area (Å²) < 4.78 is 133. The highest BCUT2D eigenvalue weighted by atomic mass is 32.2. The number of hydrogen-bond acceptors (Lipinski definition) is 7. The zero-order valence-electron chi connectivity index (χ0n) is 21.9. The summed E-state index contributed by atoms with van der Waals surface area (Å²) in [4.78, 5) is 25.6. The number of nitrogens with zero attached hydrogens (tertiary/aromatic N) is 2. The lowest BCUT2D eigenvalue weighted by atomic mass is 9.87. The molecule has 2 aromatic rings. The van der Waals surface area contributed by atoms with Crippen LogP contribution in [0, 0.1) is 5.82 Å². The van der Waals surface area contributed by atoms with Crippen molar-refractivity contribution in [2.45, 2.75) is 60.2 Å². The molecule has 1 amide bonds. The van der Waals surface area contributed by atoms with Crippen LogP contribution in [-0.2, 0) is 36.3 Å². The van der Waals surface area contributed by atoms with Crippen LogP contribution in [0.25, 0.3) is 0 Å². The second-order valence-electron chi connectivity index (χ2n) is 10.6. The summed E-state index contributed by atoms with van der Waals surface area (Å²) in [5.74, 6) is -1.32. The zero-order valence-corrected chi connectivity index (χ0v) is 22.7. The summed E-state index contributed by atoms with van der Waals surface area (Å²) in [5, 5.41) is 9.88. The number of anilines is 1. The third-order valence-corrected chi connectivity index (χ3v) is 9.72. The Labute approximate surface area is 239 Å². The number of aryl methyl sites for hydroxylation is 1. The van der Waals surface area contributed by atoms with E-state index >= 15 is 0 Å². The molecule has 17 heteroatoms. The largest absolute Gasteiger partial charge is 0.509 e. The maximum atomic E-state index is 13.8. The molecule has 3 aliphatic rings. The Kier molecular flexibility index (Phi) is 7.35. The highest BCUT2D eigenvalue weighted by molar-refractivity contribution is 7.92. The number of alkyl halides is 6. The van der Waals surface area contributed by atoms with E-state index in [0.29, 0.717) is 18.2 Å². The van der Waals surface area contributed by atoms with Gasteiger partial charge >= 0.3 is 18.5 Å². The van der Waals surface area contributed by atoms with Gasteiger partial charge in [0.25, 0.3) is 15.6 Å². The smallest absolute Gasteiger partial charge is 0.430 e. The van der Waals surface area contributed by atoms with Gasteiger partial charge in [-0.2, -0.15) is 26.3 Å². The lowest BCUT2D eigenvalue weighted by Gasteiger charge is -2.39. The standard InChI is InChI=1S/C26H23F7N2O7S/c27-17-3-6-19(7-4-17)43(39,40)35-18(12-21(36)34-10-9-23(13-34)14-41-22(37)42-23)5-1-15-11-16(2-8-20(15)35)24(38,25(28,29)30)26(31,32)33/h2-4,6-8,11,18,38H,1,5,9-10,12-14H2. The molecule has 0 aromatic heterocycles. The average molecular weight is 641 g/mol. The van der Waals surface area contributed by atoms with Crippen molar-refractivity contribution in [2.75, 3.05) is 24.0 Å². The lowest BCUT2D eigenvalue weighted by Crippen LogP contribution is -2.54. The maximum Gasteiger partial charge on any atom is 0.509 e. The first-order valence-electron chi connectivity index (χ1n) is 12.8. The zero-order chi connectivity index (χ0) is 31.6. The number of likely N-dealkylation sites (tertiary alicyclic amines) is 1. The molecule has 3 heterocycles. The SMILES string of the molecule is O=C1OCC2(CCN(C(=O)CC3CCc4cc(C(O)(C(F)(F)F)C(F)(F)F)ccc4N3S(=O)(=O)c3ccc(F)cc3)C2)O1. The fourth-order valence-electron chi connectivity index (χ4n) is 5.60. The fraction of sp³-hybridized carbons (Fsp3) is 0.462. The second kappa shape index (κ2) is 10.2. The summed E-state index contributed by atoms with van der Waals surface area (Å²) >= 11 is 0. The highest BCUT2D eigenvalue weighted by Gasteiger charge is 2.71. The Bertz CT molecular complexity index is 1530. The van der Waals surface area contributed by atoms with Crippen molar-refractivity contribution in [3.05, 3.63) is 59.4 Å². The predicted octanol–water partition coefficient (Wildman–Crippen LogP) is 4.18. The van der Waals surface area contributed by atoms with E-state index in [0.717, 1.165) is 28.6 Å². The van der Waals surface area contributed by atoms with Gasteiger partial charge in [-0.1, -0.05) is 12.1 Å². The van der Waals surface area contributed by atoms with Crippen molar-refractivity contribution in [3.63, 3.8) is 0 Å². The van der Waals surface area contributed by atoms with Crippen molar-refractivity contribution < 1.29 is 63.3 Å². The van der Waals surface area contributed by atoms with Crippen molar-refractivity contribution in [3.8, 4) is 0 Å². The van der Waals surface area contributed by atoms with E-state index in [1.807, 2.05) is 0 Å². The van der Waals surface area contributed by atoms with Crippen LogP contribution in [0.5, 0.6) is 0 Å². The number of carbonyl (C=O) groups excluding carboxylic acids is 2. The minimum atomic E-state index is -6.16. The molecule has 2 unspecified atom stereocenters. The highest BCUT2D eigenvalue weighted by Crippen LogP contribution is 2.51. The summed E-state index contributed by atoms with van der Waals surface area (Å²) in [6, 6.07) is 3.89. The van der Waals surface area contributed by atoms with Gasteiger partial charge < -0.3 is 19.5 Å². The van der Waals surface area contributed by atoms with Gasteiger partial charge in [-0.15, -0.1) is 0 Å². The number of ether oxygens (including phenoxy) is 2. The first kappa shape index (κ1) is 30.8. The molecule has 0 bridgehead atoms. The number of aliphatic hydroxyl groups is 1. The van der Waals surface area contributed by atoms with E-state index < -0.39 is 74.4 Å². The van der Waals surface area contributed by atoms with Gasteiger partial charge in [0.1, 0.15) is 12.4 Å². The van der Waals surface area contributed by atoms with Crippen LogP contribution in [0.1, 0.15) is 30.4 Å². The third-order valence-electron chi connectivity index (χ3n) is 7.84. The van der Waals surface area contributed by atoms with Gasteiger partial charge in [0.05, 0.1) is 23.2 Å². The van der Waals surface area contributed by atoms with Crippen molar-refractivity contribution in [2.24, 2.45) is 0 Å². The minimum absolute atomic E-state index is 0.0254. The van der Waals surface area contributed by atoms with Crippen molar-refractivity contribution >= 4 is 27.8 Å². The molecule has 1 N–H and O–H groups in total. The van der Waals surface area contributed by atoms with E-state index in [4.69, 9.17) is 9.47 Å². The van der Waals surface area contributed by atoms with Gasteiger partial charge in [-0.25, -0.2) is 17.6 Å². The van der Waals surface area contributed by atoms with Crippen LogP contribution in [0.2, 0.25) is 0 Å². The monoisotopic (exact) mass is 640 g/mol. The summed E-state index contributed by atoms with van der Waals surface area (Å²) in [7, 11) is -4.65. The van der Waals surface area contributed by atoms with Crippen LogP contribution in [0.3, 0.4) is 0 Å². The Morgan fingerprint density at radius 1 is 1.05 bits per heavy atom. The molecule has 0 aliphatic carbocycles. The first-order chi connectivity index (χ1) is 19.9. The van der Waals surface area contributed by atoms with Crippen molar-refractivity contribution in [1.29, 1.82) is 0 Å². The molecule has 1 spiro atoms. The quantitative estimate of drug-likeness (QED) is 0.386. The van der Waals surface area contributed by atoms with E-state index in [2.05, 4.69) is 0 Å². The van der Waals surface area contributed by atoms with E-state index in [1.54, 1.807) is 0 Å². The fourth-order valence-corrected chi connectivity index (χ4v) is 7.31. The number of amides is 1. The van der Waals surface area contributed by atoms with E-state index in [9.17, 15) is 53.8 Å². The van der Waals surface area contributed by atoms with Gasteiger partial charge in [-0.05, 0) is 48.7 Å². The van der Waals surface area contributed by atoms with Gasteiger partial charge in [0.15, 0.2) is 5.60 Å². The lowest BCUT2D eigenvalue weighted by molar-refractivity contribution is -0.376. The summed E-state index contributed by atoms with van der Waals surface area (Å²) in [6.45, 7) is 0.0464. The minimum Gasteiger partial charge on any atom is -0.430 e. The second-order valence-corrected chi connectivity index (χ2v) is 12.4. The normalized spacial score (nSPS) is 22.9. The molecule has 2 atom stereocenters. The molecule has 43 heavy (non-hydrogen) atoms. The van der Waals surface area contributed by atoms with Crippen LogP contribution in [-0.4, -0.2) is 74.2 Å². The Morgan fingerprint density at radius 3 is 2.28 bits per heavy atom. The molecule has 9 nitrogen and oxygen atoms in total. The van der Waals surface area contributed by atoms with Crippen LogP contribution < -0.4 is 4.31 Å². The van der Waals surface area contributed by atoms with Crippen LogP contribution >= 0.6 is 0 Å². The Balaban J connectivity index is 1.52. The number of rotatable bonds is 5. The van der Waals surface area contributed by atoms with E-state index in [-0.39, 0.29) is 50.2 Å². The summed E-state index contributed by atoms with van der Waals surface area (Å²) in [6.07, 6.45) is -13.8. The third kappa shape index (κ3) is 5.25. The molecule has 2 saturated heterocycles. The maximum absolute atomic E-state index is 13.8. The number of cyclic esters (lactones) is 1. The molecule has 2 fully saturated rings. The van der Waals surface area contributed by atoms with Gasteiger partial charge in [0.2, 0.25) is 5.91 Å². The number of benzene rings is 2. The molecule has 2 aromatic carbocycles. The predicted molar refractivity (Wildman–Crippen MR) is 132 cm³/mol. The number of halogens is 7. The van der Waals surface area contributed by atoms with Crippen LogP contribution in [0.4, 0.5) is 41.2 Å². The topological polar surface area (TPSA) is 113 Å². The molecule has 0 saturated carbocycles. The Hall–Kier alpha value is -3.60. The van der Waals surface area contributed by atoms with Crippen LogP contribution in [0.15, 0.2) is 47.4 Å². The molecular weight excluding hydrogens is 617 g/mol. The van der Waals surface area contributed by atoms with E-state index in [1.165, 1.54) is 4.90 Å². The molecule has 234 valence electrons. The molecule has 0 radical (unpaired) electrons.